The second-order valence-electron chi connectivity index (χ2n) is 5.89. The predicted octanol–water partition coefficient (Wildman–Crippen LogP) is 1.32. The molecular weight excluding hydrogens is 284 g/mol. The number of para-hydroxylation sites is 1. The van der Waals surface area contributed by atoms with Crippen LogP contribution in [0.3, 0.4) is 0 Å². The lowest BCUT2D eigenvalue weighted by Crippen LogP contribution is -2.46. The fourth-order valence-corrected chi connectivity index (χ4v) is 2.35. The molecule has 1 aliphatic rings. The highest BCUT2D eigenvalue weighted by atomic mass is 16.5. The quantitative estimate of drug-likeness (QED) is 0.863. The fourth-order valence-electron chi connectivity index (χ4n) is 2.35. The van der Waals surface area contributed by atoms with Gasteiger partial charge in [0, 0.05) is 31.8 Å². The smallest absolute Gasteiger partial charge is 0.256 e. The van der Waals surface area contributed by atoms with E-state index in [0.717, 1.165) is 0 Å². The van der Waals surface area contributed by atoms with Gasteiger partial charge >= 0.3 is 0 Å². The molecule has 0 saturated heterocycles. The Bertz CT molecular complexity index is 573. The monoisotopic (exact) mass is 306 g/mol. The van der Waals surface area contributed by atoms with E-state index in [4.69, 9.17) is 4.74 Å². The molecule has 0 aliphatic carbocycles. The first kappa shape index (κ1) is 16.5. The number of carbonyl (C=O) groups excluding carboxylic acids is 2. The molecule has 1 aliphatic heterocycles. The van der Waals surface area contributed by atoms with Crippen molar-refractivity contribution in [3.63, 3.8) is 0 Å². The first-order valence-corrected chi connectivity index (χ1v) is 7.26. The molecule has 120 valence electrons. The number of nitrogens with one attached hydrogen (secondary N) is 1. The third kappa shape index (κ3) is 3.45. The maximum absolute atomic E-state index is 12.6. The first-order valence-electron chi connectivity index (χ1n) is 7.26. The Morgan fingerprint density at radius 1 is 1.45 bits per heavy atom. The fraction of sp³-hybridized carbons (Fsp3) is 0.500. The van der Waals surface area contributed by atoms with Gasteiger partial charge in [0.15, 0.2) is 5.60 Å². The summed E-state index contributed by atoms with van der Waals surface area (Å²) in [4.78, 5) is 26.0. The third-order valence-electron chi connectivity index (χ3n) is 3.85. The van der Waals surface area contributed by atoms with Crippen LogP contribution in [0, 0.1) is 0 Å². The molecule has 2 atom stereocenters. The SMILES string of the molecule is CN(C)C(=O)CC1(C)OCCC(O)c2ccccc2NC1=O. The summed E-state index contributed by atoms with van der Waals surface area (Å²) >= 11 is 0. The molecule has 0 bridgehead atoms. The highest BCUT2D eigenvalue weighted by Crippen LogP contribution is 2.30. The van der Waals surface area contributed by atoms with Gasteiger partial charge in [-0.3, -0.25) is 9.59 Å². The van der Waals surface area contributed by atoms with E-state index in [1.807, 2.05) is 6.07 Å². The number of ether oxygens (including phenoxy) is 1. The van der Waals surface area contributed by atoms with Gasteiger partial charge in [0.05, 0.1) is 19.1 Å². The van der Waals surface area contributed by atoms with Crippen molar-refractivity contribution in [1.82, 2.24) is 4.90 Å². The molecule has 0 fully saturated rings. The van der Waals surface area contributed by atoms with Crippen LogP contribution in [0.4, 0.5) is 5.69 Å². The molecule has 6 nitrogen and oxygen atoms in total. The number of benzene rings is 1. The Hall–Kier alpha value is -1.92. The van der Waals surface area contributed by atoms with Gasteiger partial charge in [-0.15, -0.1) is 0 Å². The number of hydrogen-bond acceptors (Lipinski definition) is 4. The zero-order chi connectivity index (χ0) is 16.3. The summed E-state index contributed by atoms with van der Waals surface area (Å²) in [5.74, 6) is -0.574. The van der Waals surface area contributed by atoms with E-state index in [2.05, 4.69) is 5.32 Å². The molecule has 1 aromatic carbocycles. The molecule has 1 heterocycles. The minimum absolute atomic E-state index is 0.0515. The van der Waals surface area contributed by atoms with Crippen LogP contribution in [0.2, 0.25) is 0 Å². The molecule has 0 radical (unpaired) electrons. The lowest BCUT2D eigenvalue weighted by Gasteiger charge is -2.28. The second-order valence-corrected chi connectivity index (χ2v) is 5.89. The topological polar surface area (TPSA) is 78.9 Å². The molecule has 0 saturated carbocycles. The Morgan fingerprint density at radius 3 is 2.82 bits per heavy atom. The van der Waals surface area contributed by atoms with Crippen molar-refractivity contribution in [3.05, 3.63) is 29.8 Å². The number of rotatable bonds is 2. The molecule has 2 N–H and O–H groups in total. The molecule has 2 unspecified atom stereocenters. The average molecular weight is 306 g/mol. The maximum atomic E-state index is 12.6. The van der Waals surface area contributed by atoms with Crippen LogP contribution in [0.25, 0.3) is 0 Å². The molecule has 0 aromatic heterocycles. The lowest BCUT2D eigenvalue weighted by atomic mass is 9.99. The van der Waals surface area contributed by atoms with E-state index >= 15 is 0 Å². The van der Waals surface area contributed by atoms with Crippen molar-refractivity contribution in [2.24, 2.45) is 0 Å². The number of fused-ring (bicyclic) bond motifs is 1. The molecule has 6 heteroatoms. The standard InChI is InChI=1S/C16H22N2O4/c1-16(10-14(20)18(2)3)15(21)17-12-7-5-4-6-11(12)13(19)8-9-22-16/h4-7,13,19H,8-10H2,1-3H3,(H,17,21). The number of aliphatic hydroxyl groups is 1. The van der Waals surface area contributed by atoms with Gasteiger partial charge in [-0.1, -0.05) is 18.2 Å². The average Bonchev–Trinajstić information content (AvgIpc) is 2.50. The Morgan fingerprint density at radius 2 is 2.14 bits per heavy atom. The van der Waals surface area contributed by atoms with Crippen LogP contribution in [0.15, 0.2) is 24.3 Å². The van der Waals surface area contributed by atoms with Crippen LogP contribution in [0.5, 0.6) is 0 Å². The zero-order valence-electron chi connectivity index (χ0n) is 13.1. The minimum atomic E-state index is -1.27. The molecule has 22 heavy (non-hydrogen) atoms. The molecule has 2 rings (SSSR count). The molecule has 0 spiro atoms. The van der Waals surface area contributed by atoms with Crippen molar-refractivity contribution < 1.29 is 19.4 Å². The minimum Gasteiger partial charge on any atom is -0.388 e. The summed E-state index contributed by atoms with van der Waals surface area (Å²) < 4.78 is 5.67. The van der Waals surface area contributed by atoms with Crippen LogP contribution < -0.4 is 5.32 Å². The van der Waals surface area contributed by atoms with Crippen molar-refractivity contribution in [3.8, 4) is 0 Å². The van der Waals surface area contributed by atoms with Gasteiger partial charge in [0.25, 0.3) is 5.91 Å². The predicted molar refractivity (Wildman–Crippen MR) is 82.3 cm³/mol. The van der Waals surface area contributed by atoms with Gasteiger partial charge in [0.2, 0.25) is 5.91 Å². The number of anilines is 1. The lowest BCUT2D eigenvalue weighted by molar-refractivity contribution is -0.149. The Labute approximate surface area is 130 Å². The van der Waals surface area contributed by atoms with E-state index in [0.29, 0.717) is 17.7 Å². The zero-order valence-corrected chi connectivity index (χ0v) is 13.1. The summed E-state index contributed by atoms with van der Waals surface area (Å²) in [5, 5.41) is 13.0. The summed E-state index contributed by atoms with van der Waals surface area (Å²) in [7, 11) is 3.27. The summed E-state index contributed by atoms with van der Waals surface area (Å²) in [5.41, 5.74) is -0.0601. The van der Waals surface area contributed by atoms with Gasteiger partial charge in [-0.25, -0.2) is 0 Å². The largest absolute Gasteiger partial charge is 0.388 e. The highest BCUT2D eigenvalue weighted by molar-refractivity contribution is 6.00. The molecule has 1 aromatic rings. The van der Waals surface area contributed by atoms with Crippen LogP contribution in [0.1, 0.15) is 31.4 Å². The number of nitrogens with zero attached hydrogens (tertiary/aromatic N) is 1. The van der Waals surface area contributed by atoms with Crippen molar-refractivity contribution in [2.45, 2.75) is 31.5 Å². The summed E-state index contributed by atoms with van der Waals surface area (Å²) in [6.45, 7) is 1.80. The van der Waals surface area contributed by atoms with E-state index < -0.39 is 11.7 Å². The summed E-state index contributed by atoms with van der Waals surface area (Å²) in [6, 6.07) is 7.10. The van der Waals surface area contributed by atoms with Crippen molar-refractivity contribution in [1.29, 1.82) is 0 Å². The highest BCUT2D eigenvalue weighted by Gasteiger charge is 2.38. The third-order valence-corrected chi connectivity index (χ3v) is 3.85. The van der Waals surface area contributed by atoms with Gasteiger partial charge < -0.3 is 20.1 Å². The van der Waals surface area contributed by atoms with E-state index in [9.17, 15) is 14.7 Å². The van der Waals surface area contributed by atoms with E-state index in [-0.39, 0.29) is 24.8 Å². The Kier molecular flexibility index (Phi) is 4.83. The van der Waals surface area contributed by atoms with Gasteiger partial charge in [0.1, 0.15) is 0 Å². The number of amides is 2. The normalized spacial score (nSPS) is 25.3. The Balaban J connectivity index is 2.30. The van der Waals surface area contributed by atoms with Crippen LogP contribution >= 0.6 is 0 Å². The number of carbonyl (C=O) groups is 2. The van der Waals surface area contributed by atoms with Crippen molar-refractivity contribution in [2.75, 3.05) is 26.0 Å². The van der Waals surface area contributed by atoms with Gasteiger partial charge in [-0.05, 0) is 13.0 Å². The molecular formula is C16H22N2O4. The number of hydrogen-bond donors (Lipinski definition) is 2. The number of aliphatic hydroxyl groups excluding tert-OH is 1. The van der Waals surface area contributed by atoms with E-state index in [1.165, 1.54) is 4.90 Å². The first-order chi connectivity index (χ1) is 10.3. The molecule has 2 amide bonds. The second kappa shape index (κ2) is 6.46. The summed E-state index contributed by atoms with van der Waals surface area (Å²) in [6.07, 6.45) is -0.412. The van der Waals surface area contributed by atoms with E-state index in [1.54, 1.807) is 39.2 Å². The van der Waals surface area contributed by atoms with Crippen LogP contribution in [-0.2, 0) is 14.3 Å². The van der Waals surface area contributed by atoms with Gasteiger partial charge in [-0.2, -0.15) is 0 Å². The van der Waals surface area contributed by atoms with Crippen LogP contribution in [-0.4, -0.2) is 48.1 Å². The maximum Gasteiger partial charge on any atom is 0.256 e. The van der Waals surface area contributed by atoms with Crippen molar-refractivity contribution >= 4 is 17.5 Å².